The number of nitrogens with one attached hydrogen (secondary N) is 2. The maximum Gasteiger partial charge on any atom is 0.269 e. The molecule has 0 radical (unpaired) electrons. The third-order valence-corrected chi connectivity index (χ3v) is 6.62. The third kappa shape index (κ3) is 4.56. The van der Waals surface area contributed by atoms with E-state index in [0.29, 0.717) is 28.8 Å². The van der Waals surface area contributed by atoms with Gasteiger partial charge >= 0.3 is 0 Å². The Hall–Kier alpha value is -2.72. The van der Waals surface area contributed by atoms with Crippen LogP contribution in [0.4, 0.5) is 20.2 Å². The number of nitrogens with zero attached hydrogens (tertiary/aromatic N) is 2. The topological polar surface area (TPSA) is 76.0 Å². The fourth-order valence-corrected chi connectivity index (χ4v) is 4.84. The van der Waals surface area contributed by atoms with E-state index in [9.17, 15) is 17.2 Å². The zero-order chi connectivity index (χ0) is 22.2. The summed E-state index contributed by atoms with van der Waals surface area (Å²) in [7, 11) is -2.36. The Kier molecular flexibility index (Phi) is 7.04. The number of anilines is 2. The Morgan fingerprint density at radius 2 is 1.84 bits per heavy atom. The van der Waals surface area contributed by atoms with Crippen LogP contribution in [0.1, 0.15) is 5.56 Å². The van der Waals surface area contributed by atoms with Crippen molar-refractivity contribution in [1.29, 1.82) is 0 Å². The van der Waals surface area contributed by atoms with Crippen LogP contribution in [0.5, 0.6) is 0 Å². The molecule has 0 spiro atoms. The van der Waals surface area contributed by atoms with Crippen LogP contribution in [0.2, 0.25) is 5.02 Å². The third-order valence-electron chi connectivity index (χ3n) is 4.67. The Labute approximate surface area is 194 Å². The predicted octanol–water partition coefficient (Wildman–Crippen LogP) is 5.09. The van der Waals surface area contributed by atoms with Crippen molar-refractivity contribution in [3.05, 3.63) is 83.3 Å². The summed E-state index contributed by atoms with van der Waals surface area (Å²) in [4.78, 5) is 3.39. The molecule has 0 unspecified atom stereocenters. The van der Waals surface area contributed by atoms with Gasteiger partial charge in [0.2, 0.25) is 0 Å². The molecule has 2 aromatic carbocycles. The van der Waals surface area contributed by atoms with Crippen molar-refractivity contribution in [3.8, 4) is 0 Å². The highest BCUT2D eigenvalue weighted by Gasteiger charge is 2.22. The quantitative estimate of drug-likeness (QED) is 0.387. The van der Waals surface area contributed by atoms with Gasteiger partial charge in [0.05, 0.1) is 22.4 Å². The van der Waals surface area contributed by atoms with Crippen molar-refractivity contribution in [3.63, 3.8) is 0 Å². The molecule has 32 heavy (non-hydrogen) atoms. The van der Waals surface area contributed by atoms with E-state index < -0.39 is 21.7 Å². The van der Waals surface area contributed by atoms with Crippen LogP contribution >= 0.6 is 24.0 Å². The van der Waals surface area contributed by atoms with E-state index in [2.05, 4.69) is 15.6 Å². The average molecular weight is 499 g/mol. The molecule has 11 heteroatoms. The summed E-state index contributed by atoms with van der Waals surface area (Å²) in [5.41, 5.74) is 2.15. The lowest BCUT2D eigenvalue weighted by Gasteiger charge is -2.11. The molecule has 4 aromatic rings. The zero-order valence-corrected chi connectivity index (χ0v) is 19.0. The normalized spacial score (nSPS) is 11.4. The lowest BCUT2D eigenvalue weighted by Crippen LogP contribution is -2.13. The number of hydrogen-bond acceptors (Lipinski definition) is 5. The van der Waals surface area contributed by atoms with E-state index >= 15 is 0 Å². The summed E-state index contributed by atoms with van der Waals surface area (Å²) >= 11 is 6.09. The van der Waals surface area contributed by atoms with E-state index in [-0.39, 0.29) is 22.3 Å². The Balaban J connectivity index is 0.00000289. The van der Waals surface area contributed by atoms with Gasteiger partial charge in [0.25, 0.3) is 10.0 Å². The molecule has 6 nitrogen and oxygen atoms in total. The molecule has 0 aliphatic carbocycles. The molecule has 0 amide bonds. The van der Waals surface area contributed by atoms with E-state index in [1.165, 1.54) is 24.4 Å². The van der Waals surface area contributed by atoms with Crippen molar-refractivity contribution >= 4 is 56.3 Å². The summed E-state index contributed by atoms with van der Waals surface area (Å²) in [5.74, 6) is -1.22. The van der Waals surface area contributed by atoms with E-state index in [4.69, 9.17) is 11.6 Å². The molecule has 0 aliphatic rings. The second-order valence-corrected chi connectivity index (χ2v) is 9.03. The molecule has 2 heterocycles. The summed E-state index contributed by atoms with van der Waals surface area (Å²) in [6.07, 6.45) is 3.53. The van der Waals surface area contributed by atoms with Gasteiger partial charge in [0.1, 0.15) is 16.5 Å². The molecule has 2 aromatic heterocycles. The van der Waals surface area contributed by atoms with E-state index in [0.717, 1.165) is 28.0 Å². The summed E-state index contributed by atoms with van der Waals surface area (Å²) in [5, 5.41) is 6.97. The first-order chi connectivity index (χ1) is 14.8. The van der Waals surface area contributed by atoms with Crippen LogP contribution in [0.3, 0.4) is 0 Å². The van der Waals surface area contributed by atoms with E-state index in [1.807, 2.05) is 0 Å². The first kappa shape index (κ1) is 23.9. The van der Waals surface area contributed by atoms with Crippen molar-refractivity contribution in [2.45, 2.75) is 11.4 Å². The minimum atomic E-state index is -4.11. The molecular weight excluding hydrogens is 481 g/mol. The number of fused-ring (bicyclic) bond motifs is 1. The second-order valence-electron chi connectivity index (χ2n) is 6.81. The maximum atomic E-state index is 13.6. The van der Waals surface area contributed by atoms with Gasteiger partial charge in [-0.3, -0.25) is 4.98 Å². The minimum absolute atomic E-state index is 0. The number of pyridine rings is 1. The monoisotopic (exact) mass is 498 g/mol. The average Bonchev–Trinajstić information content (AvgIpc) is 3.09. The van der Waals surface area contributed by atoms with Gasteiger partial charge in [0, 0.05) is 30.0 Å². The standard InChI is InChI=1S/C21H17ClF2N4O2S.ClH/c1-25-9-13-12-28(31(29,30)17-6-15(24)10-26-11-17)21-8-16(3-4-18(13)21)27-20-5-2-14(23)7-19(20)22;/h2-8,10-12,25,27H,9H2,1H3;1H. The largest absolute Gasteiger partial charge is 0.354 e. The number of halogens is 4. The van der Waals surface area contributed by atoms with Crippen LogP contribution in [-0.4, -0.2) is 24.4 Å². The van der Waals surface area contributed by atoms with Crippen molar-refractivity contribution < 1.29 is 17.2 Å². The predicted molar refractivity (Wildman–Crippen MR) is 123 cm³/mol. The first-order valence-electron chi connectivity index (χ1n) is 9.16. The highest BCUT2D eigenvalue weighted by atomic mass is 35.5. The number of rotatable bonds is 6. The molecule has 0 fully saturated rings. The van der Waals surface area contributed by atoms with Crippen molar-refractivity contribution in [1.82, 2.24) is 14.3 Å². The fourth-order valence-electron chi connectivity index (χ4n) is 3.27. The van der Waals surface area contributed by atoms with Gasteiger partial charge in [0.15, 0.2) is 0 Å². The SMILES string of the molecule is CNCc1cn(S(=O)(=O)c2cncc(F)c2)c2cc(Nc3ccc(F)cc3Cl)ccc12.Cl. The maximum absolute atomic E-state index is 13.6. The van der Waals surface area contributed by atoms with Crippen LogP contribution < -0.4 is 10.6 Å². The van der Waals surface area contributed by atoms with Crippen LogP contribution in [0.15, 0.2) is 66.0 Å². The van der Waals surface area contributed by atoms with Gasteiger partial charge in [-0.15, -0.1) is 12.4 Å². The zero-order valence-electron chi connectivity index (χ0n) is 16.6. The van der Waals surface area contributed by atoms with Gasteiger partial charge in [-0.1, -0.05) is 17.7 Å². The molecule has 0 saturated heterocycles. The van der Waals surface area contributed by atoms with Crippen LogP contribution in [0, 0.1) is 11.6 Å². The molecule has 0 saturated carbocycles. The van der Waals surface area contributed by atoms with Gasteiger partial charge in [-0.05, 0) is 49.0 Å². The van der Waals surface area contributed by atoms with Crippen molar-refractivity contribution in [2.24, 2.45) is 0 Å². The number of benzene rings is 2. The fraction of sp³-hybridized carbons (Fsp3) is 0.0952. The van der Waals surface area contributed by atoms with Gasteiger partial charge in [-0.25, -0.2) is 21.2 Å². The molecule has 0 aliphatic heterocycles. The summed E-state index contributed by atoms with van der Waals surface area (Å²) < 4.78 is 54.5. The van der Waals surface area contributed by atoms with Gasteiger partial charge in [-0.2, -0.15) is 0 Å². The van der Waals surface area contributed by atoms with Crippen molar-refractivity contribution in [2.75, 3.05) is 12.4 Å². The molecular formula is C21H18Cl2F2N4O2S. The van der Waals surface area contributed by atoms with Crippen LogP contribution in [-0.2, 0) is 16.6 Å². The summed E-state index contributed by atoms with van der Waals surface area (Å²) in [6.45, 7) is 0.428. The van der Waals surface area contributed by atoms with Crippen LogP contribution in [0.25, 0.3) is 10.9 Å². The molecule has 2 N–H and O–H groups in total. The smallest absolute Gasteiger partial charge is 0.269 e. The molecule has 4 rings (SSSR count). The Morgan fingerprint density at radius 1 is 1.06 bits per heavy atom. The Morgan fingerprint density at radius 3 is 2.53 bits per heavy atom. The number of aromatic nitrogens is 2. The molecule has 168 valence electrons. The highest BCUT2D eigenvalue weighted by Crippen LogP contribution is 2.31. The highest BCUT2D eigenvalue weighted by molar-refractivity contribution is 7.90. The first-order valence-corrected chi connectivity index (χ1v) is 11.0. The lowest BCUT2D eigenvalue weighted by atomic mass is 10.1. The minimum Gasteiger partial charge on any atom is -0.354 e. The van der Waals surface area contributed by atoms with Gasteiger partial charge < -0.3 is 10.6 Å². The van der Waals surface area contributed by atoms with E-state index in [1.54, 1.807) is 25.2 Å². The second kappa shape index (κ2) is 9.41. The molecule has 0 atom stereocenters. The lowest BCUT2D eigenvalue weighted by molar-refractivity contribution is 0.582. The molecule has 0 bridgehead atoms. The number of hydrogen-bond donors (Lipinski definition) is 2. The summed E-state index contributed by atoms with van der Waals surface area (Å²) in [6, 6.07) is 10.0. The Bertz CT molecular complexity index is 1390.